The summed E-state index contributed by atoms with van der Waals surface area (Å²) in [7, 11) is 0. The maximum Gasteiger partial charge on any atom is 0.293 e. The fourth-order valence-corrected chi connectivity index (χ4v) is 6.14. The zero-order valence-corrected chi connectivity index (χ0v) is 22.5. The molecular formula is C25H19I2NO4S. The molecular weight excluding hydrogens is 664 g/mol. The Morgan fingerprint density at radius 3 is 2.18 bits per heavy atom. The van der Waals surface area contributed by atoms with Crippen LogP contribution in [0.4, 0.5) is 4.79 Å². The van der Waals surface area contributed by atoms with Crippen LogP contribution in [0.5, 0.6) is 11.5 Å². The van der Waals surface area contributed by atoms with E-state index in [1.54, 1.807) is 6.08 Å². The molecule has 1 saturated heterocycles. The van der Waals surface area contributed by atoms with Gasteiger partial charge in [0.25, 0.3) is 11.1 Å². The minimum Gasteiger partial charge on any atom is -0.492 e. The van der Waals surface area contributed by atoms with Crippen molar-refractivity contribution >= 4 is 74.2 Å². The lowest BCUT2D eigenvalue weighted by Crippen LogP contribution is -2.32. The summed E-state index contributed by atoms with van der Waals surface area (Å²) in [6, 6.07) is 23.2. The van der Waals surface area contributed by atoms with Gasteiger partial charge in [0.05, 0.1) is 18.6 Å². The van der Waals surface area contributed by atoms with Gasteiger partial charge in [-0.15, -0.1) is 0 Å². The Bertz CT molecular complexity index is 1160. The van der Waals surface area contributed by atoms with Crippen LogP contribution in [0.15, 0.2) is 77.7 Å². The van der Waals surface area contributed by atoms with E-state index in [0.717, 1.165) is 35.8 Å². The first-order valence-electron chi connectivity index (χ1n) is 10.1. The lowest BCUT2D eigenvalue weighted by atomic mass is 10.2. The fourth-order valence-electron chi connectivity index (χ4n) is 3.15. The molecule has 1 aliphatic heterocycles. The second-order valence-corrected chi connectivity index (χ2v) is 10.4. The summed E-state index contributed by atoms with van der Waals surface area (Å²) >= 11 is 5.42. The zero-order valence-electron chi connectivity index (χ0n) is 17.4. The number of benzene rings is 3. The summed E-state index contributed by atoms with van der Waals surface area (Å²) in [5.74, 6) is 1.22. The molecule has 0 aliphatic carbocycles. The number of para-hydroxylation sites is 1. The maximum absolute atomic E-state index is 12.8. The van der Waals surface area contributed by atoms with Crippen molar-refractivity contribution in [3.05, 3.63) is 96.0 Å². The Kier molecular flexibility index (Phi) is 8.31. The number of halogens is 2. The molecule has 0 N–H and O–H groups in total. The topological polar surface area (TPSA) is 55.8 Å². The molecule has 0 aromatic heterocycles. The Balaban J connectivity index is 1.41. The SMILES string of the molecule is O=C1S/C(=C\c2cc(I)c(OCc3ccccc3)c(I)c2)C(=O)N1CCOc1ccccc1. The maximum atomic E-state index is 12.8. The van der Waals surface area contributed by atoms with E-state index in [1.165, 1.54) is 4.90 Å². The van der Waals surface area contributed by atoms with Gasteiger partial charge in [0, 0.05) is 0 Å². The van der Waals surface area contributed by atoms with Gasteiger partial charge in [-0.05, 0) is 98.4 Å². The Labute approximate surface area is 223 Å². The van der Waals surface area contributed by atoms with Crippen molar-refractivity contribution in [2.24, 2.45) is 0 Å². The minimum atomic E-state index is -0.295. The molecule has 2 amide bonds. The second kappa shape index (κ2) is 11.4. The highest BCUT2D eigenvalue weighted by Crippen LogP contribution is 2.35. The molecule has 5 nitrogen and oxygen atoms in total. The van der Waals surface area contributed by atoms with Crippen LogP contribution in [0.25, 0.3) is 6.08 Å². The van der Waals surface area contributed by atoms with E-state index in [4.69, 9.17) is 9.47 Å². The van der Waals surface area contributed by atoms with Crippen LogP contribution < -0.4 is 9.47 Å². The molecule has 1 aliphatic rings. The number of carbonyl (C=O) groups is 2. The number of nitrogens with zero attached hydrogens (tertiary/aromatic N) is 1. The quantitative estimate of drug-likeness (QED) is 0.198. The molecule has 168 valence electrons. The van der Waals surface area contributed by atoms with Gasteiger partial charge >= 0.3 is 0 Å². The van der Waals surface area contributed by atoms with Gasteiger partial charge in [0.15, 0.2) is 0 Å². The van der Waals surface area contributed by atoms with Gasteiger partial charge in [-0.25, -0.2) is 0 Å². The van der Waals surface area contributed by atoms with Crippen LogP contribution in [0, 0.1) is 7.14 Å². The number of thioether (sulfide) groups is 1. The highest BCUT2D eigenvalue weighted by molar-refractivity contribution is 14.1. The van der Waals surface area contributed by atoms with Crippen molar-refractivity contribution in [1.82, 2.24) is 4.90 Å². The number of ether oxygens (including phenoxy) is 2. The third-order valence-corrected chi connectivity index (χ3v) is 7.25. The molecule has 1 heterocycles. The van der Waals surface area contributed by atoms with Gasteiger partial charge in [-0.2, -0.15) is 0 Å². The van der Waals surface area contributed by atoms with Crippen LogP contribution in [0.2, 0.25) is 0 Å². The molecule has 33 heavy (non-hydrogen) atoms. The molecule has 0 saturated carbocycles. The first-order valence-corrected chi connectivity index (χ1v) is 13.1. The summed E-state index contributed by atoms with van der Waals surface area (Å²) in [4.78, 5) is 26.8. The third-order valence-electron chi connectivity index (χ3n) is 4.74. The highest BCUT2D eigenvalue weighted by atomic mass is 127. The van der Waals surface area contributed by atoms with Crippen molar-refractivity contribution in [3.63, 3.8) is 0 Å². The van der Waals surface area contributed by atoms with Crippen molar-refractivity contribution in [2.75, 3.05) is 13.2 Å². The molecule has 0 radical (unpaired) electrons. The number of imide groups is 1. The van der Waals surface area contributed by atoms with Crippen LogP contribution in [-0.4, -0.2) is 29.2 Å². The largest absolute Gasteiger partial charge is 0.492 e. The summed E-state index contributed by atoms with van der Waals surface area (Å²) < 4.78 is 13.5. The summed E-state index contributed by atoms with van der Waals surface area (Å²) in [5.41, 5.74) is 1.94. The molecule has 4 rings (SSSR count). The van der Waals surface area contributed by atoms with E-state index in [1.807, 2.05) is 72.8 Å². The van der Waals surface area contributed by atoms with Crippen molar-refractivity contribution in [2.45, 2.75) is 6.61 Å². The second-order valence-electron chi connectivity index (χ2n) is 7.08. The Hall–Kier alpha value is -2.05. The predicted octanol–water partition coefficient (Wildman–Crippen LogP) is 6.59. The molecule has 8 heteroatoms. The average Bonchev–Trinajstić information content (AvgIpc) is 3.07. The monoisotopic (exact) mass is 683 g/mol. The summed E-state index contributed by atoms with van der Waals surface area (Å²) in [5, 5.41) is -0.282. The average molecular weight is 683 g/mol. The van der Waals surface area contributed by atoms with Crippen LogP contribution in [0.1, 0.15) is 11.1 Å². The summed E-state index contributed by atoms with van der Waals surface area (Å²) in [6.07, 6.45) is 1.76. The smallest absolute Gasteiger partial charge is 0.293 e. The lowest BCUT2D eigenvalue weighted by Gasteiger charge is -2.13. The number of hydrogen-bond acceptors (Lipinski definition) is 5. The van der Waals surface area contributed by atoms with Crippen molar-refractivity contribution in [1.29, 1.82) is 0 Å². The van der Waals surface area contributed by atoms with Crippen LogP contribution in [-0.2, 0) is 11.4 Å². The number of amides is 2. The van der Waals surface area contributed by atoms with Crippen LogP contribution in [0.3, 0.4) is 0 Å². The van der Waals surface area contributed by atoms with E-state index >= 15 is 0 Å². The molecule has 0 atom stereocenters. The summed E-state index contributed by atoms with van der Waals surface area (Å²) in [6.45, 7) is 0.937. The van der Waals surface area contributed by atoms with Crippen molar-refractivity contribution < 1.29 is 19.1 Å². The molecule has 0 bridgehead atoms. The van der Waals surface area contributed by atoms with E-state index in [0.29, 0.717) is 17.3 Å². The molecule has 1 fully saturated rings. The van der Waals surface area contributed by atoms with Gasteiger partial charge in [-0.1, -0.05) is 48.5 Å². The normalized spacial score (nSPS) is 14.7. The highest BCUT2D eigenvalue weighted by Gasteiger charge is 2.34. The van der Waals surface area contributed by atoms with E-state index < -0.39 is 0 Å². The Morgan fingerprint density at radius 1 is 0.879 bits per heavy atom. The first kappa shape index (κ1) is 24.1. The predicted molar refractivity (Wildman–Crippen MR) is 147 cm³/mol. The number of rotatable bonds is 8. The molecule has 0 spiro atoms. The number of hydrogen-bond donors (Lipinski definition) is 0. The van der Waals surface area contributed by atoms with Gasteiger partial charge in [0.2, 0.25) is 0 Å². The van der Waals surface area contributed by atoms with E-state index in [-0.39, 0.29) is 24.3 Å². The molecule has 3 aromatic rings. The van der Waals surface area contributed by atoms with Crippen LogP contribution >= 0.6 is 56.9 Å². The number of carbonyl (C=O) groups excluding carboxylic acids is 2. The van der Waals surface area contributed by atoms with Gasteiger partial charge in [0.1, 0.15) is 24.7 Å². The van der Waals surface area contributed by atoms with E-state index in [9.17, 15) is 9.59 Å². The molecule has 0 unspecified atom stereocenters. The standard InChI is InChI=1S/C25H19I2NO4S/c26-20-13-18(14-21(27)23(20)32-16-17-7-3-1-4-8-17)15-22-24(29)28(25(30)33-22)11-12-31-19-9-5-2-6-10-19/h1-10,13-15H,11-12,16H2/b22-15-. The first-order chi connectivity index (χ1) is 16.0. The third kappa shape index (κ3) is 6.30. The Morgan fingerprint density at radius 2 is 1.52 bits per heavy atom. The van der Waals surface area contributed by atoms with Gasteiger partial charge in [-0.3, -0.25) is 14.5 Å². The fraction of sp³-hybridized carbons (Fsp3) is 0.120. The van der Waals surface area contributed by atoms with Crippen molar-refractivity contribution in [3.8, 4) is 11.5 Å². The lowest BCUT2D eigenvalue weighted by molar-refractivity contribution is -0.123. The molecule has 3 aromatic carbocycles. The zero-order chi connectivity index (χ0) is 23.2. The minimum absolute atomic E-state index is 0.207. The van der Waals surface area contributed by atoms with Gasteiger partial charge < -0.3 is 9.47 Å². The van der Waals surface area contributed by atoms with E-state index in [2.05, 4.69) is 45.2 Å².